The summed E-state index contributed by atoms with van der Waals surface area (Å²) < 4.78 is 2.88. The van der Waals surface area contributed by atoms with Crippen molar-refractivity contribution in [1.82, 2.24) is 0 Å². The number of aryl methyl sites for hydroxylation is 2. The number of carbonyl (C=O) groups is 1. The summed E-state index contributed by atoms with van der Waals surface area (Å²) in [6.45, 7) is 12.0. The molecule has 0 fully saturated rings. The van der Waals surface area contributed by atoms with E-state index in [1.165, 1.54) is 23.8 Å². The first-order valence-electron chi connectivity index (χ1n) is 8.28. The molecule has 0 amide bonds. The molecule has 0 spiro atoms. The van der Waals surface area contributed by atoms with Crippen LogP contribution in [-0.4, -0.2) is 5.78 Å². The molecule has 0 radical (unpaired) electrons. The minimum atomic E-state index is -0.186. The highest BCUT2D eigenvalue weighted by Crippen LogP contribution is 2.14. The van der Waals surface area contributed by atoms with Crippen LogP contribution in [0.1, 0.15) is 44.4 Å². The van der Waals surface area contributed by atoms with Crippen LogP contribution in [0.25, 0.3) is 0 Å². The molecule has 1 atom stereocenters. The molecule has 0 bridgehead atoms. The Kier molecular flexibility index (Phi) is 10.9. The van der Waals surface area contributed by atoms with Crippen LogP contribution in [0, 0.1) is 34.3 Å². The van der Waals surface area contributed by atoms with E-state index < -0.39 is 0 Å². The number of hydrogen-bond donors (Lipinski definition) is 0. The number of carbonyl (C=O) groups excluding carboxylic acids is 1. The lowest BCUT2D eigenvalue weighted by atomic mass is 9.95. The first-order valence-corrected chi connectivity index (χ1v) is 10.4. The van der Waals surface area contributed by atoms with Gasteiger partial charge in [0.15, 0.2) is 7.14 Å². The largest absolute Gasteiger partial charge is 0.358 e. The summed E-state index contributed by atoms with van der Waals surface area (Å²) in [6.07, 6.45) is 0.859. The molecule has 2 aromatic rings. The molecule has 0 saturated carbocycles. The molecular weight excluding hydrogens is 407 g/mol. The maximum Gasteiger partial charge on any atom is 0.358 e. The predicted molar refractivity (Wildman–Crippen MR) is 101 cm³/mol. The maximum atomic E-state index is 11.6. The first-order chi connectivity index (χ1) is 11.0. The van der Waals surface area contributed by atoms with Crippen LogP contribution in [0.2, 0.25) is 0 Å². The van der Waals surface area contributed by atoms with E-state index in [0.29, 0.717) is 0 Å². The second-order valence-corrected chi connectivity index (χ2v) is 8.58. The van der Waals surface area contributed by atoms with E-state index >= 15 is 0 Å². The Morgan fingerprint density at radius 1 is 1.04 bits per heavy atom. The quantitative estimate of drug-likeness (QED) is 0.519. The summed E-state index contributed by atoms with van der Waals surface area (Å²) in [5, 5.41) is 0. The highest BCUT2D eigenvalue weighted by Gasteiger charge is 2.23. The average Bonchev–Trinajstić information content (AvgIpc) is 2.55. The molecule has 0 N–H and O–H groups in total. The van der Waals surface area contributed by atoms with E-state index in [1.54, 1.807) is 6.92 Å². The van der Waals surface area contributed by atoms with Gasteiger partial charge in [0, 0.05) is 11.5 Å². The van der Waals surface area contributed by atoms with Gasteiger partial charge in [0.05, 0.1) is 0 Å². The Hall–Kier alpha value is -1.16. The van der Waals surface area contributed by atoms with Crippen molar-refractivity contribution >= 4 is 5.78 Å². The number of Topliss-reactive ketones (excluding diaryl/α,β-unsaturated/α-hetero) is 1. The number of benzene rings is 2. The summed E-state index contributed by atoms with van der Waals surface area (Å²) in [5.41, 5.74) is 4.03. The molecule has 2 rings (SSSR count). The minimum absolute atomic E-state index is 0. The molecule has 0 aliphatic rings. The molecule has 0 heterocycles. The second kappa shape index (κ2) is 11.4. The van der Waals surface area contributed by atoms with E-state index in [2.05, 4.69) is 56.3 Å². The van der Waals surface area contributed by atoms with Gasteiger partial charge in [-0.2, -0.15) is 0 Å². The van der Waals surface area contributed by atoms with E-state index in [4.69, 9.17) is 0 Å². The van der Waals surface area contributed by atoms with Crippen LogP contribution in [0.5, 0.6) is 0 Å². The van der Waals surface area contributed by atoms with Crippen molar-refractivity contribution < 1.29 is 26.0 Å². The molecule has 24 heavy (non-hydrogen) atoms. The van der Waals surface area contributed by atoms with E-state index in [-0.39, 0.29) is 40.3 Å². The van der Waals surface area contributed by atoms with Gasteiger partial charge in [-0.15, -0.1) is 0 Å². The molecule has 0 saturated heterocycles. The van der Waals surface area contributed by atoms with Crippen molar-refractivity contribution in [1.29, 1.82) is 0 Å². The van der Waals surface area contributed by atoms with Crippen LogP contribution >= 0.6 is 0 Å². The highest BCUT2D eigenvalue weighted by molar-refractivity contribution is 5.78. The van der Waals surface area contributed by atoms with Crippen molar-refractivity contribution in [2.24, 2.45) is 5.92 Å². The zero-order valence-corrected chi connectivity index (χ0v) is 18.3. The van der Waals surface area contributed by atoms with Gasteiger partial charge in [-0.1, -0.05) is 45.0 Å². The van der Waals surface area contributed by atoms with Crippen molar-refractivity contribution in [3.05, 3.63) is 73.7 Å². The smallest absolute Gasteiger partial charge is 0.358 e. The zero-order valence-electron chi connectivity index (χ0n) is 16.1. The summed E-state index contributed by atoms with van der Waals surface area (Å²) in [4.78, 5) is 11.6. The molecule has 0 unspecified atom stereocenters. The van der Waals surface area contributed by atoms with Crippen LogP contribution in [0.4, 0.5) is 0 Å². The second-order valence-electron chi connectivity index (χ2n) is 5.63. The van der Waals surface area contributed by atoms with Gasteiger partial charge in [0.2, 0.25) is 0 Å². The van der Waals surface area contributed by atoms with Crippen LogP contribution < -0.4 is 21.2 Å². The molecule has 0 aromatic heterocycles. The van der Waals surface area contributed by atoms with Crippen LogP contribution in [0.3, 0.4) is 0 Å². The zero-order chi connectivity index (χ0) is 17.4. The summed E-state index contributed by atoms with van der Waals surface area (Å²) in [6, 6.07) is 15.3. The summed E-state index contributed by atoms with van der Waals surface area (Å²) in [7, 11) is 0. The highest BCUT2D eigenvalue weighted by atomic mass is 127. The van der Waals surface area contributed by atoms with Crippen LogP contribution in [0.15, 0.2) is 42.5 Å². The van der Waals surface area contributed by atoms with Crippen molar-refractivity contribution in [3.63, 3.8) is 0 Å². The third-order valence-electron chi connectivity index (χ3n) is 3.83. The average molecular weight is 438 g/mol. The van der Waals surface area contributed by atoms with Crippen LogP contribution in [-0.2, 0) is 11.2 Å². The lowest BCUT2D eigenvalue weighted by molar-refractivity contribution is -0.598. The molecule has 0 aliphatic carbocycles. The van der Waals surface area contributed by atoms with Gasteiger partial charge < -0.3 is 7.43 Å². The van der Waals surface area contributed by atoms with Gasteiger partial charge in [-0.05, 0) is 56.5 Å². The normalized spacial score (nSPS) is 10.9. The molecule has 132 valence electrons. The van der Waals surface area contributed by atoms with Gasteiger partial charge in [0.25, 0.3) is 0 Å². The van der Waals surface area contributed by atoms with E-state index in [1.807, 2.05) is 20.8 Å². The van der Waals surface area contributed by atoms with Gasteiger partial charge in [-0.25, -0.2) is 0 Å². The number of ketones is 1. The van der Waals surface area contributed by atoms with Gasteiger partial charge >= 0.3 is 21.2 Å². The topological polar surface area (TPSA) is 17.1 Å². The number of rotatable bonds is 5. The fraction of sp³-hybridized carbons (Fsp3) is 0.364. The van der Waals surface area contributed by atoms with Gasteiger partial charge in [-0.3, -0.25) is 4.79 Å². The summed E-state index contributed by atoms with van der Waals surface area (Å²) >= 11 is -0.186. The summed E-state index contributed by atoms with van der Waals surface area (Å²) in [5.74, 6) is 0.378. The third-order valence-corrected chi connectivity index (χ3v) is 6.75. The fourth-order valence-electron chi connectivity index (χ4n) is 2.15. The predicted octanol–water partition coefficient (Wildman–Crippen LogP) is 2.68. The molecule has 2 heteroatoms. The van der Waals surface area contributed by atoms with Gasteiger partial charge in [0.1, 0.15) is 5.78 Å². The SMILES string of the molecule is CC.CC(=O)[C@@H](C)Cc1cc(C)c(C)cc1[I+]c1ccccc1.[CH3-]. The van der Waals surface area contributed by atoms with Crippen molar-refractivity contribution in [3.8, 4) is 0 Å². The lowest BCUT2D eigenvalue weighted by Crippen LogP contribution is -3.61. The number of halogens is 1. The monoisotopic (exact) mass is 438 g/mol. The van der Waals surface area contributed by atoms with E-state index in [0.717, 1.165) is 6.42 Å². The van der Waals surface area contributed by atoms with Crippen molar-refractivity contribution in [2.75, 3.05) is 0 Å². The Morgan fingerprint density at radius 2 is 1.58 bits per heavy atom. The molecular formula is C22H31IO. The van der Waals surface area contributed by atoms with Crippen molar-refractivity contribution in [2.45, 2.75) is 48.0 Å². The first kappa shape index (κ1) is 22.8. The van der Waals surface area contributed by atoms with E-state index in [9.17, 15) is 4.79 Å². The minimum Gasteiger partial charge on any atom is -0.358 e. The maximum absolute atomic E-state index is 11.6. The Morgan fingerprint density at radius 3 is 2.12 bits per heavy atom. The Balaban J connectivity index is 0.00000170. The number of hydrogen-bond acceptors (Lipinski definition) is 1. The standard InChI is InChI=1S/C19H22IO.C2H6.CH3/c1-13-10-17(11-15(3)16(4)21)19(12-14(13)2)20-18-8-6-5-7-9-18;1-2;/h5-10,12,15H,11H2,1-4H3;1-2H3;1H3/q+1;;-1/t15-;;/m0../s1. The molecule has 1 nitrogen and oxygen atoms in total. The Bertz CT molecular complexity index is 632. The lowest BCUT2D eigenvalue weighted by Gasteiger charge is -2.10. The molecule has 2 aromatic carbocycles. The molecule has 0 aliphatic heterocycles. The fourth-order valence-corrected chi connectivity index (χ4v) is 4.94. The third kappa shape index (κ3) is 6.76. The Labute approximate surface area is 159 Å².